The SMILES string of the molecule is CC(CC(=O)O)c1ccc2cccc3c4cccc5cccc(c1c23)c54. The zero-order valence-electron chi connectivity index (χ0n) is 14.5. The van der Waals surface area contributed by atoms with Crippen LogP contribution in [-0.2, 0) is 4.79 Å². The first-order chi connectivity index (χ1) is 12.6. The number of carboxylic acids is 1. The van der Waals surface area contributed by atoms with E-state index in [1.165, 1.54) is 43.1 Å². The molecule has 26 heavy (non-hydrogen) atoms. The summed E-state index contributed by atoms with van der Waals surface area (Å²) in [6.45, 7) is 2.01. The Morgan fingerprint density at radius 3 is 2.00 bits per heavy atom. The van der Waals surface area contributed by atoms with Gasteiger partial charge in [0.2, 0.25) is 0 Å². The van der Waals surface area contributed by atoms with Crippen LogP contribution in [0, 0.1) is 0 Å². The summed E-state index contributed by atoms with van der Waals surface area (Å²) in [7, 11) is 0. The topological polar surface area (TPSA) is 37.3 Å². The summed E-state index contributed by atoms with van der Waals surface area (Å²) in [5.74, 6) is -0.798. The van der Waals surface area contributed by atoms with Gasteiger partial charge in [0.15, 0.2) is 0 Å². The Kier molecular flexibility index (Phi) is 3.17. The fourth-order valence-electron chi connectivity index (χ4n) is 4.47. The van der Waals surface area contributed by atoms with E-state index in [1.54, 1.807) is 0 Å². The molecule has 0 aromatic heterocycles. The number of carboxylic acid groups (broad SMARTS) is 1. The summed E-state index contributed by atoms with van der Waals surface area (Å²) in [5, 5.41) is 19.2. The van der Waals surface area contributed by atoms with Gasteiger partial charge >= 0.3 is 5.97 Å². The molecule has 0 aliphatic carbocycles. The smallest absolute Gasteiger partial charge is 0.303 e. The summed E-state index contributed by atoms with van der Waals surface area (Å²) in [5.41, 5.74) is 1.12. The summed E-state index contributed by atoms with van der Waals surface area (Å²) >= 11 is 0. The van der Waals surface area contributed by atoms with Crippen LogP contribution in [0.25, 0.3) is 43.1 Å². The van der Waals surface area contributed by atoms with Crippen molar-refractivity contribution in [3.05, 3.63) is 72.3 Å². The molecule has 5 rings (SSSR count). The Balaban J connectivity index is 2.06. The van der Waals surface area contributed by atoms with Crippen molar-refractivity contribution in [2.45, 2.75) is 19.3 Å². The third-order valence-corrected chi connectivity index (χ3v) is 5.55. The van der Waals surface area contributed by atoms with Gasteiger partial charge in [0.1, 0.15) is 0 Å². The molecule has 5 aromatic carbocycles. The fourth-order valence-corrected chi connectivity index (χ4v) is 4.47. The normalized spacial score (nSPS) is 13.1. The molecule has 2 nitrogen and oxygen atoms in total. The van der Waals surface area contributed by atoms with E-state index >= 15 is 0 Å². The molecule has 0 aliphatic rings. The van der Waals surface area contributed by atoms with E-state index in [0.29, 0.717) is 0 Å². The molecule has 126 valence electrons. The van der Waals surface area contributed by atoms with Crippen LogP contribution in [0.5, 0.6) is 0 Å². The monoisotopic (exact) mass is 338 g/mol. The maximum Gasteiger partial charge on any atom is 0.303 e. The van der Waals surface area contributed by atoms with Crippen LogP contribution in [-0.4, -0.2) is 11.1 Å². The molecule has 2 heteroatoms. The molecular weight excluding hydrogens is 320 g/mol. The third-order valence-electron chi connectivity index (χ3n) is 5.55. The van der Waals surface area contributed by atoms with Gasteiger partial charge in [0.25, 0.3) is 0 Å². The molecule has 0 saturated carbocycles. The average Bonchev–Trinajstić information content (AvgIpc) is 2.64. The van der Waals surface area contributed by atoms with Crippen molar-refractivity contribution in [3.63, 3.8) is 0 Å². The number of carbonyl (C=O) groups is 1. The Hall–Kier alpha value is -3.13. The van der Waals surface area contributed by atoms with Crippen LogP contribution in [0.1, 0.15) is 24.8 Å². The van der Waals surface area contributed by atoms with E-state index in [4.69, 9.17) is 0 Å². The van der Waals surface area contributed by atoms with E-state index in [0.717, 1.165) is 5.56 Å². The highest BCUT2D eigenvalue weighted by Gasteiger charge is 2.19. The highest BCUT2D eigenvalue weighted by molar-refractivity contribution is 6.33. The van der Waals surface area contributed by atoms with Gasteiger partial charge in [-0.15, -0.1) is 0 Å². The van der Waals surface area contributed by atoms with Gasteiger partial charge in [0.05, 0.1) is 6.42 Å². The molecule has 0 heterocycles. The van der Waals surface area contributed by atoms with E-state index < -0.39 is 5.97 Å². The van der Waals surface area contributed by atoms with Crippen LogP contribution < -0.4 is 0 Å². The molecule has 0 amide bonds. The lowest BCUT2D eigenvalue weighted by Crippen LogP contribution is -2.04. The van der Waals surface area contributed by atoms with Crippen molar-refractivity contribution in [1.82, 2.24) is 0 Å². The Morgan fingerprint density at radius 2 is 1.35 bits per heavy atom. The maximum absolute atomic E-state index is 11.3. The van der Waals surface area contributed by atoms with E-state index in [2.05, 4.69) is 66.7 Å². The van der Waals surface area contributed by atoms with Crippen molar-refractivity contribution in [3.8, 4) is 0 Å². The highest BCUT2D eigenvalue weighted by Crippen LogP contribution is 2.43. The third kappa shape index (κ3) is 2.02. The zero-order chi connectivity index (χ0) is 17.8. The number of hydrogen-bond donors (Lipinski definition) is 1. The minimum Gasteiger partial charge on any atom is -0.481 e. The highest BCUT2D eigenvalue weighted by atomic mass is 16.4. The van der Waals surface area contributed by atoms with E-state index in [1.807, 2.05) is 6.92 Å². The van der Waals surface area contributed by atoms with Crippen LogP contribution in [0.2, 0.25) is 0 Å². The quantitative estimate of drug-likeness (QED) is 0.309. The standard InChI is InChI=1S/C24H18O2/c1-14(13-21(25)26)17-12-11-16-7-3-9-19-18-8-2-5-15-6-4-10-20(22(15)18)24(17)23(16)19/h2-12,14H,13H2,1H3,(H,25,26). The van der Waals surface area contributed by atoms with Gasteiger partial charge in [-0.1, -0.05) is 73.7 Å². The summed E-state index contributed by atoms with van der Waals surface area (Å²) in [6.07, 6.45) is 0.137. The molecular formula is C24H18O2. The minimum absolute atomic E-state index is 0.0412. The van der Waals surface area contributed by atoms with Gasteiger partial charge in [-0.05, 0) is 54.6 Å². The lowest BCUT2D eigenvalue weighted by molar-refractivity contribution is -0.137. The summed E-state index contributed by atoms with van der Waals surface area (Å²) in [6, 6.07) is 23.5. The predicted molar refractivity (Wildman–Crippen MR) is 108 cm³/mol. The van der Waals surface area contributed by atoms with Crippen molar-refractivity contribution < 1.29 is 9.90 Å². The number of hydrogen-bond acceptors (Lipinski definition) is 1. The molecule has 1 unspecified atom stereocenters. The zero-order valence-corrected chi connectivity index (χ0v) is 14.5. The number of benzene rings is 5. The maximum atomic E-state index is 11.3. The van der Waals surface area contributed by atoms with Crippen molar-refractivity contribution in [2.24, 2.45) is 0 Å². The molecule has 0 aliphatic heterocycles. The van der Waals surface area contributed by atoms with Gasteiger partial charge in [-0.2, -0.15) is 0 Å². The number of rotatable bonds is 3. The fraction of sp³-hybridized carbons (Fsp3) is 0.125. The van der Waals surface area contributed by atoms with Gasteiger partial charge in [-0.3, -0.25) is 4.79 Å². The Bertz CT molecular complexity index is 1290. The molecule has 0 spiro atoms. The molecule has 0 bridgehead atoms. The number of fused-ring (bicyclic) bond motifs is 2. The van der Waals surface area contributed by atoms with Crippen LogP contribution in [0.15, 0.2) is 66.7 Å². The Labute approximate surface area is 151 Å². The first kappa shape index (κ1) is 15.2. The summed E-state index contributed by atoms with van der Waals surface area (Å²) < 4.78 is 0. The minimum atomic E-state index is -0.757. The van der Waals surface area contributed by atoms with Crippen LogP contribution in [0.3, 0.4) is 0 Å². The molecule has 1 N–H and O–H groups in total. The lowest BCUT2D eigenvalue weighted by Gasteiger charge is -2.19. The average molecular weight is 338 g/mol. The Morgan fingerprint density at radius 1 is 0.769 bits per heavy atom. The van der Waals surface area contributed by atoms with Crippen LogP contribution in [0.4, 0.5) is 0 Å². The van der Waals surface area contributed by atoms with E-state index in [-0.39, 0.29) is 12.3 Å². The molecule has 0 fully saturated rings. The van der Waals surface area contributed by atoms with E-state index in [9.17, 15) is 9.90 Å². The van der Waals surface area contributed by atoms with Crippen molar-refractivity contribution >= 4 is 49.1 Å². The number of aliphatic carboxylic acids is 1. The molecule has 5 aromatic rings. The second-order valence-electron chi connectivity index (χ2n) is 7.14. The van der Waals surface area contributed by atoms with Gasteiger partial charge < -0.3 is 5.11 Å². The van der Waals surface area contributed by atoms with Gasteiger partial charge in [0, 0.05) is 0 Å². The molecule has 1 atom stereocenters. The van der Waals surface area contributed by atoms with Gasteiger partial charge in [-0.25, -0.2) is 0 Å². The molecule has 0 radical (unpaired) electrons. The second kappa shape index (κ2) is 5.43. The predicted octanol–water partition coefficient (Wildman–Crippen LogP) is 6.32. The first-order valence-corrected chi connectivity index (χ1v) is 8.95. The van der Waals surface area contributed by atoms with Crippen molar-refractivity contribution in [2.75, 3.05) is 0 Å². The first-order valence-electron chi connectivity index (χ1n) is 8.95. The summed E-state index contributed by atoms with van der Waals surface area (Å²) in [4.78, 5) is 11.3. The lowest BCUT2D eigenvalue weighted by atomic mass is 9.84. The molecule has 0 saturated heterocycles. The second-order valence-corrected chi connectivity index (χ2v) is 7.14. The van der Waals surface area contributed by atoms with Crippen LogP contribution >= 0.6 is 0 Å². The largest absolute Gasteiger partial charge is 0.481 e. The van der Waals surface area contributed by atoms with Crippen molar-refractivity contribution in [1.29, 1.82) is 0 Å².